The molecule has 2 aliphatic rings. The monoisotopic (exact) mass is 388 g/mol. The number of sulfone groups is 1. The second-order valence-corrected chi connectivity index (χ2v) is 9.12. The minimum Gasteiger partial charge on any atom is -0.484 e. The van der Waals surface area contributed by atoms with Gasteiger partial charge in [0.05, 0.1) is 12.2 Å². The second kappa shape index (κ2) is 7.11. The molecule has 1 amide bonds. The number of alkyl halides is 2. The van der Waals surface area contributed by atoms with Gasteiger partial charge in [0.2, 0.25) is 0 Å². The summed E-state index contributed by atoms with van der Waals surface area (Å²) in [6, 6.07) is 6.22. The van der Waals surface area contributed by atoms with E-state index in [2.05, 4.69) is 0 Å². The molecule has 0 bridgehead atoms. The summed E-state index contributed by atoms with van der Waals surface area (Å²) in [5, 5.41) is 0. The first kappa shape index (κ1) is 19.0. The van der Waals surface area contributed by atoms with E-state index in [0.29, 0.717) is 44.0 Å². The molecule has 1 aromatic rings. The van der Waals surface area contributed by atoms with E-state index in [4.69, 9.17) is 4.74 Å². The third-order valence-corrected chi connectivity index (χ3v) is 5.51. The Morgan fingerprint density at radius 3 is 2.27 bits per heavy atom. The van der Waals surface area contributed by atoms with Gasteiger partial charge in [-0.1, -0.05) is 0 Å². The van der Waals surface area contributed by atoms with Crippen molar-refractivity contribution in [2.24, 2.45) is 0 Å². The van der Waals surface area contributed by atoms with Crippen molar-refractivity contribution in [3.05, 3.63) is 29.8 Å². The molecule has 0 spiro atoms. The average Bonchev–Trinajstić information content (AvgIpc) is 3.19. The first-order chi connectivity index (χ1) is 12.1. The zero-order chi connectivity index (χ0) is 18.9. The molecule has 1 aliphatic heterocycles. The van der Waals surface area contributed by atoms with E-state index in [-0.39, 0.29) is 18.1 Å². The molecule has 1 heterocycles. The van der Waals surface area contributed by atoms with Crippen molar-refractivity contribution in [2.75, 3.05) is 44.7 Å². The van der Waals surface area contributed by atoms with Crippen LogP contribution in [0, 0.1) is 0 Å². The lowest BCUT2D eigenvalue weighted by Gasteiger charge is -2.34. The van der Waals surface area contributed by atoms with Crippen LogP contribution in [0.1, 0.15) is 16.8 Å². The summed E-state index contributed by atoms with van der Waals surface area (Å²) in [7, 11) is -2.99. The van der Waals surface area contributed by atoms with Crippen molar-refractivity contribution >= 4 is 15.7 Å². The lowest BCUT2D eigenvalue weighted by Crippen LogP contribution is -2.49. The Kier molecular flexibility index (Phi) is 5.21. The average molecular weight is 388 g/mol. The molecular weight excluding hydrogens is 366 g/mol. The first-order valence-corrected chi connectivity index (χ1v) is 10.5. The number of hydrogen-bond donors (Lipinski definition) is 0. The molecule has 3 rings (SSSR count). The first-order valence-electron chi connectivity index (χ1n) is 8.48. The van der Waals surface area contributed by atoms with Crippen LogP contribution in [0.15, 0.2) is 24.3 Å². The molecule has 0 N–H and O–H groups in total. The van der Waals surface area contributed by atoms with Crippen LogP contribution in [0.25, 0.3) is 0 Å². The van der Waals surface area contributed by atoms with E-state index >= 15 is 0 Å². The van der Waals surface area contributed by atoms with Gasteiger partial charge < -0.3 is 9.64 Å². The van der Waals surface area contributed by atoms with Gasteiger partial charge in [0.15, 0.2) is 6.10 Å². The number of rotatable bonds is 6. The Morgan fingerprint density at radius 2 is 1.77 bits per heavy atom. The summed E-state index contributed by atoms with van der Waals surface area (Å²) in [4.78, 5) is 16.3. The lowest BCUT2D eigenvalue weighted by molar-refractivity contribution is 0.0638. The quantitative estimate of drug-likeness (QED) is 0.734. The Morgan fingerprint density at radius 1 is 1.19 bits per heavy atom. The summed E-state index contributed by atoms with van der Waals surface area (Å²) >= 11 is 0. The molecule has 1 saturated heterocycles. The van der Waals surface area contributed by atoms with Crippen LogP contribution in [-0.4, -0.2) is 80.9 Å². The topological polar surface area (TPSA) is 66.9 Å². The van der Waals surface area contributed by atoms with E-state index in [1.807, 2.05) is 4.90 Å². The Bertz CT molecular complexity index is 759. The molecule has 9 heteroatoms. The second-order valence-electron chi connectivity index (χ2n) is 6.86. The van der Waals surface area contributed by atoms with Gasteiger partial charge in [-0.25, -0.2) is 17.2 Å². The molecule has 6 nitrogen and oxygen atoms in total. The lowest BCUT2D eigenvalue weighted by atomic mass is 10.1. The molecule has 0 aromatic heterocycles. The number of carbonyl (C=O) groups is 1. The summed E-state index contributed by atoms with van der Waals surface area (Å²) in [6.45, 7) is 2.77. The molecule has 2 fully saturated rings. The maximum Gasteiger partial charge on any atom is 0.288 e. The van der Waals surface area contributed by atoms with Crippen molar-refractivity contribution in [3.63, 3.8) is 0 Å². The predicted molar refractivity (Wildman–Crippen MR) is 92.5 cm³/mol. The fourth-order valence-electron chi connectivity index (χ4n) is 2.81. The van der Waals surface area contributed by atoms with Crippen LogP contribution >= 0.6 is 0 Å². The largest absolute Gasteiger partial charge is 0.484 e. The molecule has 1 aromatic carbocycles. The smallest absolute Gasteiger partial charge is 0.288 e. The van der Waals surface area contributed by atoms with Crippen LogP contribution in [0.5, 0.6) is 5.75 Å². The fourth-order valence-corrected chi connectivity index (χ4v) is 3.40. The highest BCUT2D eigenvalue weighted by Gasteiger charge is 2.59. The SMILES string of the molecule is CS(=O)(=O)CCN1CCN(C(=O)c2ccc(OC3CC3(F)F)cc2)CC1. The van der Waals surface area contributed by atoms with Gasteiger partial charge in [0.25, 0.3) is 11.8 Å². The van der Waals surface area contributed by atoms with Gasteiger partial charge in [-0.2, -0.15) is 0 Å². The van der Waals surface area contributed by atoms with E-state index in [0.717, 1.165) is 0 Å². The zero-order valence-electron chi connectivity index (χ0n) is 14.5. The Hall–Kier alpha value is -1.74. The van der Waals surface area contributed by atoms with Crippen LogP contribution < -0.4 is 4.74 Å². The molecule has 0 radical (unpaired) electrons. The number of amides is 1. The number of benzene rings is 1. The van der Waals surface area contributed by atoms with Crippen LogP contribution in [0.3, 0.4) is 0 Å². The minimum atomic E-state index is -2.99. The molecule has 1 saturated carbocycles. The van der Waals surface area contributed by atoms with Gasteiger partial charge in [-0.15, -0.1) is 0 Å². The highest BCUT2D eigenvalue weighted by Crippen LogP contribution is 2.44. The normalized spacial score (nSPS) is 22.9. The van der Waals surface area contributed by atoms with Crippen LogP contribution in [0.2, 0.25) is 0 Å². The Labute approximate surface area is 151 Å². The summed E-state index contributed by atoms with van der Waals surface area (Å²) in [5.41, 5.74) is 0.476. The number of halogens is 2. The third kappa shape index (κ3) is 4.91. The zero-order valence-corrected chi connectivity index (χ0v) is 15.3. The molecular formula is C17H22F2N2O4S. The maximum absolute atomic E-state index is 12.9. The molecule has 26 heavy (non-hydrogen) atoms. The molecule has 144 valence electrons. The van der Waals surface area contributed by atoms with E-state index in [9.17, 15) is 22.0 Å². The number of piperazine rings is 1. The molecule has 1 aliphatic carbocycles. The van der Waals surface area contributed by atoms with Crippen molar-refractivity contribution < 1.29 is 26.7 Å². The van der Waals surface area contributed by atoms with Crippen molar-refractivity contribution in [2.45, 2.75) is 18.4 Å². The van der Waals surface area contributed by atoms with Gasteiger partial charge in [0, 0.05) is 44.5 Å². The van der Waals surface area contributed by atoms with Gasteiger partial charge >= 0.3 is 0 Å². The number of nitrogens with zero attached hydrogens (tertiary/aromatic N) is 2. The Balaban J connectivity index is 1.49. The number of carbonyl (C=O) groups excluding carboxylic acids is 1. The third-order valence-electron chi connectivity index (χ3n) is 4.59. The standard InChI is InChI=1S/C17H22F2N2O4S/c1-26(23,24)11-10-20-6-8-21(9-7-20)16(22)13-2-4-14(5-3-13)25-15-12-17(15,18)19/h2-5,15H,6-12H2,1H3. The highest BCUT2D eigenvalue weighted by molar-refractivity contribution is 7.90. The summed E-state index contributed by atoms with van der Waals surface area (Å²) in [5.74, 6) is -2.43. The van der Waals surface area contributed by atoms with E-state index in [1.54, 1.807) is 17.0 Å². The summed E-state index contributed by atoms with van der Waals surface area (Å²) in [6.07, 6.45) is -0.119. The van der Waals surface area contributed by atoms with E-state index < -0.39 is 21.9 Å². The van der Waals surface area contributed by atoms with Gasteiger partial charge in [0.1, 0.15) is 15.6 Å². The van der Waals surface area contributed by atoms with Crippen molar-refractivity contribution in [1.29, 1.82) is 0 Å². The molecule has 1 atom stereocenters. The fraction of sp³-hybridized carbons (Fsp3) is 0.588. The van der Waals surface area contributed by atoms with Crippen molar-refractivity contribution in [3.8, 4) is 5.75 Å². The van der Waals surface area contributed by atoms with Crippen LogP contribution in [0.4, 0.5) is 8.78 Å². The van der Waals surface area contributed by atoms with Crippen molar-refractivity contribution in [1.82, 2.24) is 9.80 Å². The summed E-state index contributed by atoms with van der Waals surface area (Å²) < 4.78 is 53.3. The maximum atomic E-state index is 12.9. The van der Waals surface area contributed by atoms with Gasteiger partial charge in [-0.3, -0.25) is 9.69 Å². The van der Waals surface area contributed by atoms with Crippen LogP contribution in [-0.2, 0) is 9.84 Å². The molecule has 1 unspecified atom stereocenters. The number of hydrogen-bond acceptors (Lipinski definition) is 5. The predicted octanol–water partition coefficient (Wildman–Crippen LogP) is 1.28. The minimum absolute atomic E-state index is 0.114. The highest BCUT2D eigenvalue weighted by atomic mass is 32.2. The number of ether oxygens (including phenoxy) is 1. The van der Waals surface area contributed by atoms with E-state index in [1.165, 1.54) is 18.4 Å². The van der Waals surface area contributed by atoms with Gasteiger partial charge in [-0.05, 0) is 24.3 Å².